The van der Waals surface area contributed by atoms with Gasteiger partial charge >= 0.3 is 0 Å². The van der Waals surface area contributed by atoms with E-state index in [1.165, 1.54) is 18.7 Å². The molecule has 1 fully saturated rings. The first-order valence-electron chi connectivity index (χ1n) is 8.99. The summed E-state index contributed by atoms with van der Waals surface area (Å²) in [5.41, 5.74) is -0.866. The standard InChI is InChI=1S/C19H28N2O5S/c1-13(2)26-16-9-7-6-8-15(16)20-17(22)19(3,4)18(23)21(5)14-10-11-27(24,25)12-14/h6-9,13-14H,10-12H2,1-5H3,(H,20,22). The van der Waals surface area contributed by atoms with Gasteiger partial charge < -0.3 is 15.0 Å². The third-order valence-corrected chi connectivity index (χ3v) is 6.43. The average Bonchev–Trinajstić information content (AvgIpc) is 2.94. The molecule has 8 heteroatoms. The van der Waals surface area contributed by atoms with E-state index < -0.39 is 33.1 Å². The molecular formula is C19H28N2O5S. The molecule has 1 saturated heterocycles. The number of carbonyl (C=O) groups is 2. The van der Waals surface area contributed by atoms with Crippen molar-refractivity contribution in [3.63, 3.8) is 0 Å². The van der Waals surface area contributed by atoms with Crippen molar-refractivity contribution in [1.82, 2.24) is 4.90 Å². The molecule has 27 heavy (non-hydrogen) atoms. The second kappa shape index (κ2) is 7.88. The molecule has 1 aliphatic rings. The van der Waals surface area contributed by atoms with Gasteiger partial charge in [-0.15, -0.1) is 0 Å². The normalized spacial score (nSPS) is 19.0. The molecule has 0 radical (unpaired) electrons. The second-order valence-corrected chi connectivity index (χ2v) is 9.94. The third kappa shape index (κ3) is 5.00. The second-order valence-electron chi connectivity index (χ2n) is 7.71. The van der Waals surface area contributed by atoms with Gasteiger partial charge in [0.1, 0.15) is 11.2 Å². The summed E-state index contributed by atoms with van der Waals surface area (Å²) in [5, 5.41) is 2.77. The molecule has 0 aromatic heterocycles. The van der Waals surface area contributed by atoms with Crippen LogP contribution in [0.25, 0.3) is 0 Å². The minimum absolute atomic E-state index is 0.0575. The van der Waals surface area contributed by atoms with Crippen LogP contribution in [0.2, 0.25) is 0 Å². The van der Waals surface area contributed by atoms with E-state index in [1.54, 1.807) is 31.3 Å². The molecule has 1 aliphatic heterocycles. The van der Waals surface area contributed by atoms with Crippen molar-refractivity contribution < 1.29 is 22.7 Å². The maximum absolute atomic E-state index is 12.9. The van der Waals surface area contributed by atoms with Crippen LogP contribution in [0, 0.1) is 5.41 Å². The molecule has 0 bridgehead atoms. The average molecular weight is 397 g/mol. The number of carbonyl (C=O) groups excluding carboxylic acids is 2. The van der Waals surface area contributed by atoms with Crippen LogP contribution in [0.3, 0.4) is 0 Å². The van der Waals surface area contributed by atoms with Crippen molar-refractivity contribution in [2.24, 2.45) is 5.41 Å². The first kappa shape index (κ1) is 21.2. The van der Waals surface area contributed by atoms with E-state index in [1.807, 2.05) is 13.8 Å². The first-order valence-corrected chi connectivity index (χ1v) is 10.8. The lowest BCUT2D eigenvalue weighted by atomic mass is 9.89. The Bertz CT molecular complexity index is 817. The molecule has 1 heterocycles. The fraction of sp³-hybridized carbons (Fsp3) is 0.579. The van der Waals surface area contributed by atoms with Gasteiger partial charge in [-0.25, -0.2) is 8.42 Å². The quantitative estimate of drug-likeness (QED) is 0.743. The van der Waals surface area contributed by atoms with Crippen molar-refractivity contribution in [2.75, 3.05) is 23.9 Å². The number of ether oxygens (including phenoxy) is 1. The minimum Gasteiger partial charge on any atom is -0.489 e. The van der Waals surface area contributed by atoms with Crippen LogP contribution in [-0.4, -0.2) is 55.8 Å². The highest BCUT2D eigenvalue weighted by Gasteiger charge is 2.42. The smallest absolute Gasteiger partial charge is 0.239 e. The largest absolute Gasteiger partial charge is 0.489 e. The van der Waals surface area contributed by atoms with Crippen molar-refractivity contribution in [2.45, 2.75) is 46.3 Å². The molecule has 150 valence electrons. The highest BCUT2D eigenvalue weighted by atomic mass is 32.2. The molecule has 2 rings (SSSR count). The number of nitrogens with zero attached hydrogens (tertiary/aromatic N) is 1. The van der Waals surface area contributed by atoms with Gasteiger partial charge in [-0.3, -0.25) is 9.59 Å². The van der Waals surface area contributed by atoms with E-state index >= 15 is 0 Å². The van der Waals surface area contributed by atoms with Crippen molar-refractivity contribution in [1.29, 1.82) is 0 Å². The predicted molar refractivity (Wildman–Crippen MR) is 104 cm³/mol. The van der Waals surface area contributed by atoms with Crippen molar-refractivity contribution >= 4 is 27.3 Å². The van der Waals surface area contributed by atoms with E-state index in [2.05, 4.69) is 5.32 Å². The van der Waals surface area contributed by atoms with E-state index in [0.29, 0.717) is 17.9 Å². The molecule has 1 aromatic carbocycles. The molecule has 2 amide bonds. The van der Waals surface area contributed by atoms with Crippen LogP contribution >= 0.6 is 0 Å². The number of nitrogens with one attached hydrogen (secondary N) is 1. The van der Waals surface area contributed by atoms with Gasteiger partial charge in [0.25, 0.3) is 0 Å². The number of anilines is 1. The lowest BCUT2D eigenvalue weighted by Crippen LogP contribution is -2.49. The predicted octanol–water partition coefficient (Wildman–Crippen LogP) is 2.08. The van der Waals surface area contributed by atoms with Crippen LogP contribution in [0.4, 0.5) is 5.69 Å². The summed E-state index contributed by atoms with van der Waals surface area (Å²) in [6.07, 6.45) is 0.334. The number of hydrogen-bond donors (Lipinski definition) is 1. The Morgan fingerprint density at radius 3 is 2.44 bits per heavy atom. The zero-order valence-corrected chi connectivity index (χ0v) is 17.3. The van der Waals surface area contributed by atoms with Crippen molar-refractivity contribution in [3.8, 4) is 5.75 Å². The fourth-order valence-electron chi connectivity index (χ4n) is 2.99. The van der Waals surface area contributed by atoms with E-state index in [9.17, 15) is 18.0 Å². The van der Waals surface area contributed by atoms with Crippen LogP contribution in [0.1, 0.15) is 34.1 Å². The van der Waals surface area contributed by atoms with Crippen molar-refractivity contribution in [3.05, 3.63) is 24.3 Å². The number of para-hydroxylation sites is 2. The molecule has 7 nitrogen and oxygen atoms in total. The fourth-order valence-corrected chi connectivity index (χ4v) is 4.76. The Labute approximate surface area is 161 Å². The summed E-state index contributed by atoms with van der Waals surface area (Å²) >= 11 is 0. The molecule has 1 atom stereocenters. The summed E-state index contributed by atoms with van der Waals surface area (Å²) < 4.78 is 29.1. The summed E-state index contributed by atoms with van der Waals surface area (Å²) in [6, 6.07) is 6.64. The van der Waals surface area contributed by atoms with Crippen LogP contribution < -0.4 is 10.1 Å². The molecule has 1 unspecified atom stereocenters. The van der Waals surface area contributed by atoms with Gasteiger partial charge in [0.2, 0.25) is 11.8 Å². The van der Waals surface area contributed by atoms with Gasteiger partial charge in [0, 0.05) is 13.1 Å². The highest BCUT2D eigenvalue weighted by Crippen LogP contribution is 2.29. The van der Waals surface area contributed by atoms with Gasteiger partial charge in [0.05, 0.1) is 23.3 Å². The molecule has 0 aliphatic carbocycles. The van der Waals surface area contributed by atoms with E-state index in [4.69, 9.17) is 4.74 Å². The minimum atomic E-state index is -3.12. The molecule has 0 saturated carbocycles. The Kier molecular flexibility index (Phi) is 6.19. The van der Waals surface area contributed by atoms with Gasteiger partial charge in [0.15, 0.2) is 9.84 Å². The van der Waals surface area contributed by atoms with E-state index in [-0.39, 0.29) is 17.6 Å². The molecule has 1 N–H and O–H groups in total. The van der Waals surface area contributed by atoms with Crippen LogP contribution in [0.5, 0.6) is 5.75 Å². The monoisotopic (exact) mass is 396 g/mol. The topological polar surface area (TPSA) is 92.8 Å². The maximum atomic E-state index is 12.9. The van der Waals surface area contributed by atoms with E-state index in [0.717, 1.165) is 0 Å². The molecule has 1 aromatic rings. The zero-order chi connectivity index (χ0) is 20.4. The number of sulfone groups is 1. The number of rotatable bonds is 6. The first-order chi connectivity index (χ1) is 12.4. The summed E-state index contributed by atoms with van der Waals surface area (Å²) in [5.74, 6) is -0.344. The third-order valence-electron chi connectivity index (χ3n) is 4.68. The van der Waals surface area contributed by atoms with Crippen LogP contribution in [-0.2, 0) is 19.4 Å². The number of benzene rings is 1. The number of amides is 2. The maximum Gasteiger partial charge on any atom is 0.239 e. The molecule has 0 spiro atoms. The Morgan fingerprint density at radius 2 is 1.89 bits per heavy atom. The van der Waals surface area contributed by atoms with Gasteiger partial charge in [-0.2, -0.15) is 0 Å². The summed E-state index contributed by atoms with van der Waals surface area (Å²) in [4.78, 5) is 27.1. The lowest BCUT2D eigenvalue weighted by Gasteiger charge is -2.32. The number of hydrogen-bond acceptors (Lipinski definition) is 5. The SMILES string of the molecule is CC(C)Oc1ccccc1NC(=O)C(C)(C)C(=O)N(C)C1CCS(=O)(=O)C1. The van der Waals surface area contributed by atoms with Gasteiger partial charge in [-0.05, 0) is 46.2 Å². The Balaban J connectivity index is 2.14. The zero-order valence-electron chi connectivity index (χ0n) is 16.5. The lowest BCUT2D eigenvalue weighted by molar-refractivity contribution is -0.146. The molecular weight excluding hydrogens is 368 g/mol. The summed E-state index contributed by atoms with van der Waals surface area (Å²) in [7, 11) is -1.56. The van der Waals surface area contributed by atoms with Crippen LogP contribution in [0.15, 0.2) is 24.3 Å². The summed E-state index contributed by atoms with van der Waals surface area (Å²) in [6.45, 7) is 6.85. The Hall–Kier alpha value is -2.09. The Morgan fingerprint density at radius 1 is 1.26 bits per heavy atom. The highest BCUT2D eigenvalue weighted by molar-refractivity contribution is 7.91. The van der Waals surface area contributed by atoms with Gasteiger partial charge in [-0.1, -0.05) is 12.1 Å².